The van der Waals surface area contributed by atoms with Crippen LogP contribution in [-0.2, 0) is 15.8 Å². The van der Waals surface area contributed by atoms with Gasteiger partial charge < -0.3 is 10.1 Å². The molecule has 1 aromatic carbocycles. The molecule has 10 heteroatoms. The van der Waals surface area contributed by atoms with Gasteiger partial charge in [-0.05, 0) is 39.7 Å². The first-order valence-electron chi connectivity index (χ1n) is 5.91. The maximum atomic E-state index is 11.4. The highest BCUT2D eigenvalue weighted by molar-refractivity contribution is 9.10. The van der Waals surface area contributed by atoms with Crippen molar-refractivity contribution >= 4 is 49.1 Å². The third kappa shape index (κ3) is 4.29. The minimum Gasteiger partial charge on any atom is -0.496 e. The Morgan fingerprint density at radius 3 is 2.82 bits per heavy atom. The number of aromatic nitrogens is 2. The fourth-order valence-electron chi connectivity index (χ4n) is 1.78. The zero-order chi connectivity index (χ0) is 16.3. The molecule has 3 N–H and O–H groups in total. The van der Waals surface area contributed by atoms with Crippen LogP contribution in [0.4, 0.5) is 11.5 Å². The van der Waals surface area contributed by atoms with Gasteiger partial charge in [0.25, 0.3) is 0 Å². The number of nitrogens with one attached hydrogen (secondary N) is 1. The average Bonchev–Trinajstić information content (AvgIpc) is 2.43. The molecule has 0 unspecified atom stereocenters. The molecule has 0 atom stereocenters. The van der Waals surface area contributed by atoms with Crippen LogP contribution in [-0.4, -0.2) is 25.5 Å². The van der Waals surface area contributed by atoms with E-state index in [0.29, 0.717) is 27.3 Å². The van der Waals surface area contributed by atoms with Gasteiger partial charge in [0, 0.05) is 17.4 Å². The first kappa shape index (κ1) is 16.9. The molecule has 0 aliphatic heterocycles. The van der Waals surface area contributed by atoms with E-state index in [0.717, 1.165) is 0 Å². The lowest BCUT2D eigenvalue weighted by Gasteiger charge is -2.15. The van der Waals surface area contributed by atoms with Crippen LogP contribution >= 0.6 is 27.5 Å². The Labute approximate surface area is 141 Å². The Balaban J connectivity index is 2.48. The Morgan fingerprint density at radius 2 is 2.18 bits per heavy atom. The van der Waals surface area contributed by atoms with E-state index in [9.17, 15) is 8.42 Å². The lowest BCUT2D eigenvalue weighted by Crippen LogP contribution is -2.16. The number of methoxy groups -OCH3 is 1. The van der Waals surface area contributed by atoms with Crippen molar-refractivity contribution in [3.63, 3.8) is 0 Å². The van der Waals surface area contributed by atoms with Crippen molar-refractivity contribution in [3.05, 3.63) is 39.7 Å². The van der Waals surface area contributed by atoms with Crippen molar-refractivity contribution < 1.29 is 13.2 Å². The second-order valence-electron chi connectivity index (χ2n) is 4.25. The van der Waals surface area contributed by atoms with Crippen molar-refractivity contribution in [1.82, 2.24) is 9.97 Å². The Bertz CT molecular complexity index is 801. The van der Waals surface area contributed by atoms with Crippen LogP contribution in [0.25, 0.3) is 0 Å². The fraction of sp³-hybridized carbons (Fsp3) is 0.167. The van der Waals surface area contributed by atoms with Gasteiger partial charge in [-0.1, -0.05) is 6.07 Å². The molecule has 0 bridgehead atoms. The number of benzene rings is 1. The van der Waals surface area contributed by atoms with Crippen LogP contribution < -0.4 is 15.2 Å². The highest BCUT2D eigenvalue weighted by Crippen LogP contribution is 2.32. The monoisotopic (exact) mass is 406 g/mol. The van der Waals surface area contributed by atoms with Crippen molar-refractivity contribution in [2.45, 2.75) is 5.75 Å². The molecule has 2 aromatic rings. The molecule has 1 heterocycles. The number of hydrogen-bond acceptors (Lipinski definition) is 6. The van der Waals surface area contributed by atoms with E-state index >= 15 is 0 Å². The number of nitrogens with zero attached hydrogens (tertiary/aromatic N) is 2. The molecular weight excluding hydrogens is 396 g/mol. The van der Waals surface area contributed by atoms with E-state index in [2.05, 4.69) is 31.2 Å². The van der Waals surface area contributed by atoms with Crippen LogP contribution in [0.3, 0.4) is 0 Å². The summed E-state index contributed by atoms with van der Waals surface area (Å²) < 4.78 is 28.6. The van der Waals surface area contributed by atoms with Gasteiger partial charge in [-0.2, -0.15) is 4.98 Å². The van der Waals surface area contributed by atoms with E-state index in [1.807, 2.05) is 0 Å². The summed E-state index contributed by atoms with van der Waals surface area (Å²) in [7, 11) is -2.29. The third-order valence-electron chi connectivity index (χ3n) is 2.67. The van der Waals surface area contributed by atoms with Gasteiger partial charge in [0.05, 0.1) is 17.3 Å². The summed E-state index contributed by atoms with van der Waals surface area (Å²) in [5.74, 6) is 0.412. The van der Waals surface area contributed by atoms with Crippen molar-refractivity contribution in [1.29, 1.82) is 0 Å². The summed E-state index contributed by atoms with van der Waals surface area (Å²) in [4.78, 5) is 7.86. The zero-order valence-electron chi connectivity index (χ0n) is 11.4. The maximum Gasteiger partial charge on any atom is 0.224 e. The summed E-state index contributed by atoms with van der Waals surface area (Å²) in [5, 5.41) is 8.19. The highest BCUT2D eigenvalue weighted by Gasteiger charge is 2.16. The SMILES string of the molecule is COc1cccc(Nc2nc(Cl)ncc2Br)c1CS(N)(=O)=O. The van der Waals surface area contributed by atoms with E-state index in [1.165, 1.54) is 13.3 Å². The second-order valence-corrected chi connectivity index (χ2v) is 7.06. The lowest BCUT2D eigenvalue weighted by atomic mass is 10.2. The van der Waals surface area contributed by atoms with Crippen LogP contribution in [0, 0.1) is 0 Å². The van der Waals surface area contributed by atoms with Gasteiger partial charge in [-0.25, -0.2) is 18.5 Å². The Hall–Kier alpha value is -1.42. The maximum absolute atomic E-state index is 11.4. The molecule has 1 aromatic heterocycles. The number of nitrogens with two attached hydrogens (primary N) is 1. The summed E-state index contributed by atoms with van der Waals surface area (Å²) in [6.45, 7) is 0. The first-order chi connectivity index (χ1) is 10.3. The average molecular weight is 408 g/mol. The predicted octanol–water partition coefficient (Wildman–Crippen LogP) is 2.43. The molecule has 0 aliphatic carbocycles. The van der Waals surface area contributed by atoms with Crippen molar-refractivity contribution in [2.24, 2.45) is 5.14 Å². The molecule has 7 nitrogen and oxygen atoms in total. The number of hydrogen-bond donors (Lipinski definition) is 2. The standard InChI is InChI=1S/C12H12BrClN4O3S/c1-21-10-4-2-3-9(7(10)6-22(15,19)20)17-11-8(13)5-16-12(14)18-11/h2-5H,6H2,1H3,(H2,15,19,20)(H,16,17,18). The molecule has 118 valence electrons. The Morgan fingerprint density at radius 1 is 1.45 bits per heavy atom. The molecule has 0 spiro atoms. The van der Waals surface area contributed by atoms with Crippen LogP contribution in [0.2, 0.25) is 5.28 Å². The van der Waals surface area contributed by atoms with Gasteiger partial charge >= 0.3 is 0 Å². The van der Waals surface area contributed by atoms with Gasteiger partial charge in [0.2, 0.25) is 15.3 Å². The van der Waals surface area contributed by atoms with E-state index in [1.54, 1.807) is 18.2 Å². The summed E-state index contributed by atoms with van der Waals surface area (Å²) in [6.07, 6.45) is 1.48. The summed E-state index contributed by atoms with van der Waals surface area (Å²) >= 11 is 9.05. The summed E-state index contributed by atoms with van der Waals surface area (Å²) in [6, 6.07) is 5.05. The number of primary sulfonamides is 1. The normalized spacial score (nSPS) is 11.3. The topological polar surface area (TPSA) is 107 Å². The van der Waals surface area contributed by atoms with E-state index < -0.39 is 10.0 Å². The minimum atomic E-state index is -3.73. The number of ether oxygens (including phenoxy) is 1. The molecule has 0 fully saturated rings. The number of sulfonamides is 1. The zero-order valence-corrected chi connectivity index (χ0v) is 14.5. The lowest BCUT2D eigenvalue weighted by molar-refractivity contribution is 0.411. The van der Waals surface area contributed by atoms with Gasteiger partial charge in [-0.15, -0.1) is 0 Å². The highest BCUT2D eigenvalue weighted by atomic mass is 79.9. The smallest absolute Gasteiger partial charge is 0.224 e. The van der Waals surface area contributed by atoms with Gasteiger partial charge in [-0.3, -0.25) is 0 Å². The second kappa shape index (κ2) is 6.78. The van der Waals surface area contributed by atoms with Crippen molar-refractivity contribution in [3.8, 4) is 5.75 Å². The molecule has 0 saturated carbocycles. The number of anilines is 2. The molecule has 0 radical (unpaired) electrons. The fourth-order valence-corrected chi connectivity index (χ4v) is 2.91. The first-order valence-corrected chi connectivity index (χ1v) is 8.80. The number of rotatable bonds is 5. The van der Waals surface area contributed by atoms with Crippen LogP contribution in [0.5, 0.6) is 5.75 Å². The summed E-state index contributed by atoms with van der Waals surface area (Å²) in [5.41, 5.74) is 0.887. The van der Waals surface area contributed by atoms with Crippen LogP contribution in [0.1, 0.15) is 5.56 Å². The minimum absolute atomic E-state index is 0.0570. The van der Waals surface area contributed by atoms with Gasteiger partial charge in [0.1, 0.15) is 11.6 Å². The molecule has 0 amide bonds. The predicted molar refractivity (Wildman–Crippen MR) is 87.8 cm³/mol. The van der Waals surface area contributed by atoms with E-state index in [4.69, 9.17) is 21.5 Å². The molecule has 0 saturated heterocycles. The van der Waals surface area contributed by atoms with E-state index in [-0.39, 0.29) is 11.0 Å². The third-order valence-corrected chi connectivity index (χ3v) is 4.12. The Kier molecular flexibility index (Phi) is 5.22. The molecule has 0 aliphatic rings. The number of halogens is 2. The molecule has 22 heavy (non-hydrogen) atoms. The quantitative estimate of drug-likeness (QED) is 0.737. The van der Waals surface area contributed by atoms with Gasteiger partial charge in [0.15, 0.2) is 0 Å². The molecule has 2 rings (SSSR count). The largest absolute Gasteiger partial charge is 0.496 e. The molecular formula is C12H12BrClN4O3S. The van der Waals surface area contributed by atoms with Crippen LogP contribution in [0.15, 0.2) is 28.9 Å². The van der Waals surface area contributed by atoms with Crippen molar-refractivity contribution in [2.75, 3.05) is 12.4 Å².